The lowest BCUT2D eigenvalue weighted by molar-refractivity contribution is 0.101. The van der Waals surface area contributed by atoms with Crippen LogP contribution in [0, 0.1) is 6.92 Å². The lowest BCUT2D eigenvalue weighted by atomic mass is 10.1. The van der Waals surface area contributed by atoms with Crippen molar-refractivity contribution in [3.05, 3.63) is 23.4 Å². The molecule has 1 aliphatic rings. The number of anilines is 1. The Hall–Kier alpha value is -1.20. The van der Waals surface area contributed by atoms with Crippen molar-refractivity contribution >= 4 is 23.0 Å². The largest absolute Gasteiger partial charge is 0.389 e. The number of rotatable bonds is 4. The van der Waals surface area contributed by atoms with Crippen molar-refractivity contribution in [2.24, 2.45) is 5.73 Å². The number of thiocarbonyl (C=S) groups is 1. The van der Waals surface area contributed by atoms with Crippen molar-refractivity contribution in [2.45, 2.75) is 38.3 Å². The van der Waals surface area contributed by atoms with Crippen LogP contribution in [0.3, 0.4) is 0 Å². The second-order valence-electron chi connectivity index (χ2n) is 4.67. The third kappa shape index (κ3) is 2.79. The van der Waals surface area contributed by atoms with Crippen LogP contribution in [0.4, 0.5) is 5.82 Å². The van der Waals surface area contributed by atoms with Crippen LogP contribution in [0.5, 0.6) is 0 Å². The van der Waals surface area contributed by atoms with E-state index < -0.39 is 0 Å². The first-order chi connectivity index (χ1) is 8.61. The number of nitrogens with two attached hydrogens (primary N) is 1. The van der Waals surface area contributed by atoms with E-state index in [0.29, 0.717) is 4.99 Å². The standard InChI is InChI=1S/C13H19N3OS/c1-8-6-7-9(12(14)18)13(15-8)16-10-4-3-5-11(10)17-2/h6-7,10-11H,3-5H2,1-2H3,(H2,14,18)(H,15,16). The van der Waals surface area contributed by atoms with Gasteiger partial charge < -0.3 is 15.8 Å². The number of aryl methyl sites for hydroxylation is 1. The summed E-state index contributed by atoms with van der Waals surface area (Å²) in [6.07, 6.45) is 3.59. The summed E-state index contributed by atoms with van der Waals surface area (Å²) in [7, 11) is 1.75. The zero-order valence-corrected chi connectivity index (χ0v) is 11.6. The number of nitrogens with one attached hydrogen (secondary N) is 1. The highest BCUT2D eigenvalue weighted by molar-refractivity contribution is 7.80. The van der Waals surface area contributed by atoms with E-state index in [-0.39, 0.29) is 12.1 Å². The van der Waals surface area contributed by atoms with Gasteiger partial charge >= 0.3 is 0 Å². The highest BCUT2D eigenvalue weighted by Crippen LogP contribution is 2.26. The van der Waals surface area contributed by atoms with E-state index in [4.69, 9.17) is 22.7 Å². The minimum atomic E-state index is 0.242. The summed E-state index contributed by atoms with van der Waals surface area (Å²) < 4.78 is 5.47. The second kappa shape index (κ2) is 5.63. The Balaban J connectivity index is 2.22. The molecule has 1 aliphatic carbocycles. The van der Waals surface area contributed by atoms with Gasteiger partial charge in [0.1, 0.15) is 10.8 Å². The number of nitrogens with zero attached hydrogens (tertiary/aromatic N) is 1. The molecule has 0 aromatic carbocycles. The van der Waals surface area contributed by atoms with E-state index in [1.165, 1.54) is 6.42 Å². The molecule has 4 nitrogen and oxygen atoms in total. The summed E-state index contributed by atoms with van der Waals surface area (Å²) >= 11 is 5.06. The first kappa shape index (κ1) is 13.2. The van der Waals surface area contributed by atoms with Crippen LogP contribution < -0.4 is 11.1 Å². The molecule has 3 N–H and O–H groups in total. The Bertz CT molecular complexity index is 450. The van der Waals surface area contributed by atoms with Gasteiger partial charge in [-0.1, -0.05) is 12.2 Å². The summed E-state index contributed by atoms with van der Waals surface area (Å²) in [5, 5.41) is 3.43. The fourth-order valence-electron chi connectivity index (χ4n) is 2.41. The van der Waals surface area contributed by atoms with Crippen LogP contribution in [0.1, 0.15) is 30.5 Å². The Morgan fingerprint density at radius 3 is 2.94 bits per heavy atom. The molecule has 0 bridgehead atoms. The molecule has 0 amide bonds. The number of hydrogen-bond donors (Lipinski definition) is 2. The zero-order valence-electron chi connectivity index (χ0n) is 10.8. The van der Waals surface area contributed by atoms with E-state index in [1.54, 1.807) is 7.11 Å². The lowest BCUT2D eigenvalue weighted by Gasteiger charge is -2.21. The molecule has 5 heteroatoms. The molecule has 1 fully saturated rings. The molecule has 1 aromatic rings. The van der Waals surface area contributed by atoms with Crippen LogP contribution in [-0.2, 0) is 4.74 Å². The molecule has 1 saturated carbocycles. The molecule has 2 atom stereocenters. The van der Waals surface area contributed by atoms with Crippen molar-refractivity contribution in [3.8, 4) is 0 Å². The highest BCUT2D eigenvalue weighted by Gasteiger charge is 2.28. The Morgan fingerprint density at radius 1 is 1.50 bits per heavy atom. The Kier molecular flexibility index (Phi) is 4.14. The zero-order chi connectivity index (χ0) is 13.1. The highest BCUT2D eigenvalue weighted by atomic mass is 32.1. The third-order valence-electron chi connectivity index (χ3n) is 3.38. The average molecular weight is 265 g/mol. The first-order valence-electron chi connectivity index (χ1n) is 6.18. The Labute approximate surface area is 113 Å². The van der Waals surface area contributed by atoms with Crippen molar-refractivity contribution in [1.82, 2.24) is 4.98 Å². The van der Waals surface area contributed by atoms with Gasteiger partial charge in [-0.05, 0) is 38.3 Å². The predicted molar refractivity (Wildman–Crippen MR) is 76.9 cm³/mol. The summed E-state index contributed by atoms with van der Waals surface area (Å²) in [6.45, 7) is 1.96. The van der Waals surface area contributed by atoms with E-state index in [2.05, 4.69) is 10.3 Å². The van der Waals surface area contributed by atoms with E-state index >= 15 is 0 Å². The monoisotopic (exact) mass is 265 g/mol. The molecule has 0 radical (unpaired) electrons. The van der Waals surface area contributed by atoms with Crippen LogP contribution in [-0.4, -0.2) is 29.2 Å². The maximum absolute atomic E-state index is 5.73. The molecule has 0 spiro atoms. The smallest absolute Gasteiger partial charge is 0.136 e. The minimum absolute atomic E-state index is 0.242. The number of hydrogen-bond acceptors (Lipinski definition) is 4. The molecule has 1 heterocycles. The molecule has 98 valence electrons. The summed E-state index contributed by atoms with van der Waals surface area (Å²) in [5.41, 5.74) is 7.48. The number of methoxy groups -OCH3 is 1. The summed E-state index contributed by atoms with van der Waals surface area (Å²) in [4.78, 5) is 4.86. The van der Waals surface area contributed by atoms with Gasteiger partial charge in [0.05, 0.1) is 17.7 Å². The lowest BCUT2D eigenvalue weighted by Crippen LogP contribution is -2.31. The molecule has 2 unspecified atom stereocenters. The van der Waals surface area contributed by atoms with Gasteiger partial charge in [-0.3, -0.25) is 0 Å². The fourth-order valence-corrected chi connectivity index (χ4v) is 2.58. The maximum atomic E-state index is 5.73. The van der Waals surface area contributed by atoms with Gasteiger partial charge in [-0.2, -0.15) is 0 Å². The van der Waals surface area contributed by atoms with E-state index in [9.17, 15) is 0 Å². The maximum Gasteiger partial charge on any atom is 0.136 e. The quantitative estimate of drug-likeness (QED) is 0.815. The average Bonchev–Trinajstić information content (AvgIpc) is 2.76. The van der Waals surface area contributed by atoms with Gasteiger partial charge in [0.2, 0.25) is 0 Å². The number of pyridine rings is 1. The second-order valence-corrected chi connectivity index (χ2v) is 5.11. The SMILES string of the molecule is COC1CCCC1Nc1nc(C)ccc1C(N)=S. The van der Waals surface area contributed by atoms with Crippen LogP contribution in [0.2, 0.25) is 0 Å². The van der Waals surface area contributed by atoms with E-state index in [0.717, 1.165) is 29.9 Å². The van der Waals surface area contributed by atoms with Crippen molar-refractivity contribution < 1.29 is 4.74 Å². The number of aromatic nitrogens is 1. The predicted octanol–water partition coefficient (Wildman–Crippen LogP) is 2.00. The van der Waals surface area contributed by atoms with Crippen molar-refractivity contribution in [2.75, 3.05) is 12.4 Å². The third-order valence-corrected chi connectivity index (χ3v) is 3.60. The van der Waals surface area contributed by atoms with Gasteiger partial charge in [-0.15, -0.1) is 0 Å². The fraction of sp³-hybridized carbons (Fsp3) is 0.538. The van der Waals surface area contributed by atoms with Gasteiger partial charge in [0.15, 0.2) is 0 Å². The summed E-state index contributed by atoms with van der Waals surface area (Å²) in [6, 6.07) is 4.13. The van der Waals surface area contributed by atoms with Gasteiger partial charge in [0, 0.05) is 12.8 Å². The normalized spacial score (nSPS) is 23.0. The molecular formula is C13H19N3OS. The first-order valence-corrected chi connectivity index (χ1v) is 6.59. The van der Waals surface area contributed by atoms with Crippen molar-refractivity contribution in [3.63, 3.8) is 0 Å². The van der Waals surface area contributed by atoms with Gasteiger partial charge in [0.25, 0.3) is 0 Å². The number of ether oxygens (including phenoxy) is 1. The molecule has 0 aliphatic heterocycles. The van der Waals surface area contributed by atoms with Crippen LogP contribution in [0.15, 0.2) is 12.1 Å². The summed E-state index contributed by atoms with van der Waals surface area (Å²) in [5.74, 6) is 0.774. The molecule has 1 aromatic heterocycles. The van der Waals surface area contributed by atoms with Crippen molar-refractivity contribution in [1.29, 1.82) is 0 Å². The van der Waals surface area contributed by atoms with Gasteiger partial charge in [-0.25, -0.2) is 4.98 Å². The molecule has 2 rings (SSSR count). The molecular weight excluding hydrogens is 246 g/mol. The Morgan fingerprint density at radius 2 is 2.28 bits per heavy atom. The van der Waals surface area contributed by atoms with Crippen LogP contribution in [0.25, 0.3) is 0 Å². The molecule has 0 saturated heterocycles. The van der Waals surface area contributed by atoms with Crippen LogP contribution >= 0.6 is 12.2 Å². The molecule has 18 heavy (non-hydrogen) atoms. The minimum Gasteiger partial charge on any atom is -0.389 e. The van der Waals surface area contributed by atoms with E-state index in [1.807, 2.05) is 19.1 Å². The topological polar surface area (TPSA) is 60.2 Å².